The van der Waals surface area contributed by atoms with Crippen molar-refractivity contribution in [2.45, 2.75) is 39.5 Å². The van der Waals surface area contributed by atoms with Crippen molar-refractivity contribution in [3.8, 4) is 0 Å². The molecule has 0 radical (unpaired) electrons. The summed E-state index contributed by atoms with van der Waals surface area (Å²) in [6.45, 7) is 9.49. The Morgan fingerprint density at radius 1 is 1.33 bits per heavy atom. The molecule has 0 aliphatic carbocycles. The third-order valence-corrected chi connectivity index (χ3v) is 4.11. The van der Waals surface area contributed by atoms with Gasteiger partial charge in [0, 0.05) is 12.7 Å². The van der Waals surface area contributed by atoms with Crippen molar-refractivity contribution in [1.29, 1.82) is 0 Å². The number of hydrogen-bond donors (Lipinski definition) is 1. The highest BCUT2D eigenvalue weighted by Gasteiger charge is 2.23. The van der Waals surface area contributed by atoms with Crippen LogP contribution in [0, 0.1) is 0 Å². The number of hydroxylamine groups is 2. The second-order valence-corrected chi connectivity index (χ2v) is 10.3. The average molecular weight is 272 g/mol. The summed E-state index contributed by atoms with van der Waals surface area (Å²) < 4.78 is 0. The van der Waals surface area contributed by atoms with E-state index in [2.05, 4.69) is 5.32 Å². The Bertz CT molecular complexity index is 348. The van der Waals surface area contributed by atoms with Gasteiger partial charge >= 0.3 is 0 Å². The first-order chi connectivity index (χ1) is 8.09. The van der Waals surface area contributed by atoms with Crippen molar-refractivity contribution >= 4 is 19.4 Å². The average Bonchev–Trinajstić information content (AvgIpc) is 2.25. The normalized spacial score (nSPS) is 14.1. The molecule has 1 amide bonds. The maximum Gasteiger partial charge on any atom is 0.267 e. The third-order valence-electron chi connectivity index (χ3n) is 2.49. The van der Waals surface area contributed by atoms with E-state index in [9.17, 15) is 9.59 Å². The Morgan fingerprint density at radius 3 is 2.22 bits per heavy atom. The molecule has 5 nitrogen and oxygen atoms in total. The molecule has 0 rings (SSSR count). The lowest BCUT2D eigenvalue weighted by atomic mass is 10.3. The molecule has 1 unspecified atom stereocenters. The van der Waals surface area contributed by atoms with Gasteiger partial charge in [0.1, 0.15) is 19.5 Å². The molecule has 0 heterocycles. The number of hydrogen-bond acceptors (Lipinski definition) is 4. The lowest BCUT2D eigenvalue weighted by molar-refractivity contribution is -0.170. The number of nitrogens with one attached hydrogen (secondary N) is 1. The van der Waals surface area contributed by atoms with Crippen molar-refractivity contribution in [2.24, 2.45) is 0 Å². The van der Waals surface area contributed by atoms with Gasteiger partial charge < -0.3 is 10.1 Å². The maximum atomic E-state index is 11.8. The lowest BCUT2D eigenvalue weighted by Crippen LogP contribution is -2.42. The van der Waals surface area contributed by atoms with Crippen LogP contribution in [0.25, 0.3) is 0 Å². The minimum absolute atomic E-state index is 0.159. The van der Waals surface area contributed by atoms with Crippen molar-refractivity contribution in [3.63, 3.8) is 0 Å². The van der Waals surface area contributed by atoms with Crippen molar-refractivity contribution in [2.75, 3.05) is 14.2 Å². The molecule has 18 heavy (non-hydrogen) atoms. The van der Waals surface area contributed by atoms with Crippen LogP contribution < -0.4 is 5.32 Å². The van der Waals surface area contributed by atoms with E-state index in [-0.39, 0.29) is 11.3 Å². The zero-order valence-corrected chi connectivity index (χ0v) is 13.3. The summed E-state index contributed by atoms with van der Waals surface area (Å²) in [7, 11) is 1.18. The molecule has 0 bridgehead atoms. The molecule has 1 atom stereocenters. The van der Waals surface area contributed by atoms with E-state index in [0.717, 1.165) is 5.06 Å². The second-order valence-electron chi connectivity index (χ2n) is 5.33. The van der Waals surface area contributed by atoms with Gasteiger partial charge in [-0.3, -0.25) is 9.63 Å². The quantitative estimate of drug-likeness (QED) is 0.450. The first-order valence-corrected chi connectivity index (χ1v) is 9.40. The molecule has 0 spiro atoms. The highest BCUT2D eigenvalue weighted by atomic mass is 28.3. The molecular formula is C12H24N2O3Si. The van der Waals surface area contributed by atoms with E-state index in [1.54, 1.807) is 27.0 Å². The number of likely N-dealkylation sites (N-methyl/N-ethyl adjacent to an activating group) is 1. The number of carbonyl (C=O) groups is 2. The van der Waals surface area contributed by atoms with Crippen molar-refractivity contribution < 1.29 is 14.4 Å². The van der Waals surface area contributed by atoms with Crippen LogP contribution in [0.4, 0.5) is 0 Å². The summed E-state index contributed by atoms with van der Waals surface area (Å²) in [6.07, 6.45) is 1.59. The van der Waals surface area contributed by atoms with Gasteiger partial charge in [0.05, 0.1) is 7.11 Å². The fourth-order valence-corrected chi connectivity index (χ4v) is 1.87. The van der Waals surface area contributed by atoms with Gasteiger partial charge in [-0.1, -0.05) is 19.6 Å². The summed E-state index contributed by atoms with van der Waals surface area (Å²) >= 11 is 0. The Labute approximate surface area is 110 Å². The molecule has 0 aromatic heterocycles. The van der Waals surface area contributed by atoms with Gasteiger partial charge in [-0.25, -0.2) is 5.06 Å². The van der Waals surface area contributed by atoms with Crippen LogP contribution in [-0.2, 0) is 14.4 Å². The predicted octanol–water partition coefficient (Wildman–Crippen LogP) is 1.33. The van der Waals surface area contributed by atoms with Crippen LogP contribution in [-0.4, -0.2) is 44.7 Å². The molecule has 0 aromatic carbocycles. The van der Waals surface area contributed by atoms with E-state index in [0.29, 0.717) is 5.70 Å². The monoisotopic (exact) mass is 272 g/mol. The van der Waals surface area contributed by atoms with Gasteiger partial charge in [-0.15, -0.1) is 0 Å². The zero-order valence-electron chi connectivity index (χ0n) is 12.3. The standard InChI is InChI=1S/C12H24N2O3Si/c1-9(8-11(15)18(5,6)7)13-10(2)12(16)14(3)17-4/h8,10,13H,1-7H3/b9-8+. The smallest absolute Gasteiger partial charge is 0.267 e. The summed E-state index contributed by atoms with van der Waals surface area (Å²) in [4.78, 5) is 28.4. The van der Waals surface area contributed by atoms with Crippen LogP contribution in [0.1, 0.15) is 13.8 Å². The number of amides is 1. The first kappa shape index (κ1) is 16.9. The summed E-state index contributed by atoms with van der Waals surface area (Å²) in [5.74, 6) is -0.189. The topological polar surface area (TPSA) is 58.6 Å². The van der Waals surface area contributed by atoms with Gasteiger partial charge in [-0.05, 0) is 19.9 Å². The van der Waals surface area contributed by atoms with Gasteiger partial charge in [-0.2, -0.15) is 0 Å². The first-order valence-electron chi connectivity index (χ1n) is 5.90. The van der Waals surface area contributed by atoms with E-state index in [1.807, 2.05) is 19.6 Å². The van der Waals surface area contributed by atoms with Crippen LogP contribution in [0.3, 0.4) is 0 Å². The SMILES string of the molecule is CON(C)C(=O)C(C)N/C(C)=C/C(=O)[Si](C)(C)C. The molecule has 6 heteroatoms. The number of rotatable bonds is 6. The highest BCUT2D eigenvalue weighted by molar-refractivity contribution is 7.04. The van der Waals surface area contributed by atoms with Crippen molar-refractivity contribution in [3.05, 3.63) is 11.8 Å². The molecule has 0 fully saturated rings. The molecule has 0 aliphatic heterocycles. The minimum atomic E-state index is -1.81. The molecule has 104 valence electrons. The van der Waals surface area contributed by atoms with Crippen LogP contribution in [0.15, 0.2) is 11.8 Å². The maximum absolute atomic E-state index is 11.8. The highest BCUT2D eigenvalue weighted by Crippen LogP contribution is 2.05. The van der Waals surface area contributed by atoms with Gasteiger partial charge in [0.2, 0.25) is 0 Å². The lowest BCUT2D eigenvalue weighted by Gasteiger charge is -2.21. The summed E-state index contributed by atoms with van der Waals surface area (Å²) in [5, 5.41) is 4.31. The third kappa shape index (κ3) is 5.46. The summed E-state index contributed by atoms with van der Waals surface area (Å²) in [6, 6.07) is -0.430. The number of carbonyl (C=O) groups excluding carboxylic acids is 2. The van der Waals surface area contributed by atoms with Crippen LogP contribution >= 0.6 is 0 Å². The van der Waals surface area contributed by atoms with Crippen LogP contribution in [0.2, 0.25) is 19.6 Å². The largest absolute Gasteiger partial charge is 0.377 e. The Balaban J connectivity index is 4.58. The molecule has 0 saturated carbocycles. The van der Waals surface area contributed by atoms with Crippen LogP contribution in [0.5, 0.6) is 0 Å². The molecule has 0 saturated heterocycles. The molecule has 0 aromatic rings. The predicted molar refractivity (Wildman–Crippen MR) is 74.5 cm³/mol. The molecular weight excluding hydrogens is 248 g/mol. The number of nitrogens with zero attached hydrogens (tertiary/aromatic N) is 1. The molecule has 1 N–H and O–H groups in total. The molecule has 0 aliphatic rings. The summed E-state index contributed by atoms with van der Waals surface area (Å²) in [5.41, 5.74) is 0.702. The Morgan fingerprint density at radius 2 is 1.83 bits per heavy atom. The van der Waals surface area contributed by atoms with Gasteiger partial charge in [0.25, 0.3) is 5.91 Å². The van der Waals surface area contributed by atoms with E-state index in [1.165, 1.54) is 7.11 Å². The minimum Gasteiger partial charge on any atom is -0.377 e. The Hall–Kier alpha value is -1.14. The van der Waals surface area contributed by atoms with E-state index < -0.39 is 14.1 Å². The zero-order chi connectivity index (χ0) is 14.5. The number of allylic oxidation sites excluding steroid dienone is 2. The van der Waals surface area contributed by atoms with Crippen molar-refractivity contribution in [1.82, 2.24) is 10.4 Å². The van der Waals surface area contributed by atoms with E-state index >= 15 is 0 Å². The fraction of sp³-hybridized carbons (Fsp3) is 0.667. The van der Waals surface area contributed by atoms with E-state index in [4.69, 9.17) is 4.84 Å². The van der Waals surface area contributed by atoms with Gasteiger partial charge in [0.15, 0.2) is 0 Å². The fourth-order valence-electron chi connectivity index (χ4n) is 1.22. The second kappa shape index (κ2) is 6.70. The Kier molecular flexibility index (Phi) is 6.27.